The molecule has 0 aliphatic rings. The van der Waals surface area contributed by atoms with E-state index < -0.39 is 11.4 Å². The van der Waals surface area contributed by atoms with Crippen LogP contribution in [-0.4, -0.2) is 16.4 Å². The van der Waals surface area contributed by atoms with Crippen molar-refractivity contribution in [1.29, 1.82) is 5.26 Å². The Morgan fingerprint density at radius 2 is 1.97 bits per heavy atom. The third-order valence-electron chi connectivity index (χ3n) is 4.88. The van der Waals surface area contributed by atoms with Crippen molar-refractivity contribution in [2.45, 2.75) is 39.2 Å². The summed E-state index contributed by atoms with van der Waals surface area (Å²) in [5.74, 6) is -0.261. The number of pyridine rings is 1. The van der Waals surface area contributed by atoms with Crippen LogP contribution in [-0.2, 0) is 6.42 Å². The first kappa shape index (κ1) is 20.5. The van der Waals surface area contributed by atoms with E-state index in [0.29, 0.717) is 28.9 Å². The number of carbonyl (C=O) groups is 1. The summed E-state index contributed by atoms with van der Waals surface area (Å²) in [4.78, 5) is 17.1. The first-order valence-corrected chi connectivity index (χ1v) is 9.65. The predicted octanol–water partition coefficient (Wildman–Crippen LogP) is 5.02. The van der Waals surface area contributed by atoms with Gasteiger partial charge in [0.25, 0.3) is 5.91 Å². The third kappa shape index (κ3) is 4.97. The van der Waals surface area contributed by atoms with Gasteiger partial charge in [-0.25, -0.2) is 4.39 Å². The molecule has 1 amide bonds. The van der Waals surface area contributed by atoms with Crippen LogP contribution in [0.3, 0.4) is 0 Å². The summed E-state index contributed by atoms with van der Waals surface area (Å²) in [6, 6.07) is 15.9. The second kappa shape index (κ2) is 8.40. The average molecular weight is 389 g/mol. The van der Waals surface area contributed by atoms with E-state index in [1.54, 1.807) is 30.3 Å². The van der Waals surface area contributed by atoms with Gasteiger partial charge in [0, 0.05) is 17.1 Å². The second-order valence-corrected chi connectivity index (χ2v) is 8.13. The Bertz CT molecular complexity index is 1070. The molecule has 4 nitrogen and oxygen atoms in total. The molecule has 0 saturated carbocycles. The summed E-state index contributed by atoms with van der Waals surface area (Å²) < 4.78 is 13.8. The highest BCUT2D eigenvalue weighted by molar-refractivity contribution is 5.97. The fourth-order valence-electron chi connectivity index (χ4n) is 3.81. The summed E-state index contributed by atoms with van der Waals surface area (Å²) in [5, 5.41) is 12.7. The van der Waals surface area contributed by atoms with Gasteiger partial charge in [-0.05, 0) is 55.5 Å². The van der Waals surface area contributed by atoms with E-state index in [1.165, 1.54) is 12.3 Å². The van der Waals surface area contributed by atoms with E-state index >= 15 is 0 Å². The number of hydrogen-bond donors (Lipinski definition) is 1. The molecule has 0 radical (unpaired) electrons. The van der Waals surface area contributed by atoms with Crippen LogP contribution in [0, 0.1) is 23.1 Å². The van der Waals surface area contributed by atoms with E-state index in [0.717, 1.165) is 12.0 Å². The number of nitrogens with one attached hydrogen (secondary N) is 1. The topological polar surface area (TPSA) is 65.8 Å². The van der Waals surface area contributed by atoms with Crippen LogP contribution in [0.2, 0.25) is 0 Å². The molecule has 1 atom stereocenters. The molecule has 0 fully saturated rings. The molecule has 0 saturated heterocycles. The van der Waals surface area contributed by atoms with Gasteiger partial charge in [-0.15, -0.1) is 0 Å². The Labute approximate surface area is 170 Å². The first-order valence-electron chi connectivity index (χ1n) is 9.65. The maximum absolute atomic E-state index is 13.8. The lowest BCUT2D eigenvalue weighted by molar-refractivity contribution is 0.0894. The lowest BCUT2D eigenvalue weighted by Gasteiger charge is -2.33. The molecule has 1 N–H and O–H groups in total. The maximum atomic E-state index is 13.8. The molecular weight excluding hydrogens is 365 g/mol. The fraction of sp³-hybridized carbons (Fsp3) is 0.292. The van der Waals surface area contributed by atoms with Crippen molar-refractivity contribution in [2.75, 3.05) is 0 Å². The second-order valence-electron chi connectivity index (χ2n) is 8.13. The van der Waals surface area contributed by atoms with Crippen LogP contribution in [0.4, 0.5) is 4.39 Å². The van der Waals surface area contributed by atoms with Crippen molar-refractivity contribution in [2.24, 2.45) is 5.92 Å². The molecule has 1 heterocycles. The van der Waals surface area contributed by atoms with Gasteiger partial charge in [0.05, 0.1) is 17.2 Å². The summed E-state index contributed by atoms with van der Waals surface area (Å²) >= 11 is 0. The van der Waals surface area contributed by atoms with E-state index in [2.05, 4.69) is 30.2 Å². The Kier molecular flexibility index (Phi) is 5.93. The Morgan fingerprint density at radius 3 is 2.62 bits per heavy atom. The number of para-hydroxylation sites is 1. The Morgan fingerprint density at radius 1 is 1.24 bits per heavy atom. The molecule has 29 heavy (non-hydrogen) atoms. The first-order chi connectivity index (χ1) is 13.8. The number of hydrogen-bond acceptors (Lipinski definition) is 3. The van der Waals surface area contributed by atoms with Crippen molar-refractivity contribution < 1.29 is 9.18 Å². The lowest BCUT2D eigenvalue weighted by atomic mass is 9.84. The number of halogens is 1. The molecule has 1 unspecified atom stereocenters. The van der Waals surface area contributed by atoms with Gasteiger partial charge >= 0.3 is 0 Å². The molecule has 0 bridgehead atoms. The summed E-state index contributed by atoms with van der Waals surface area (Å²) in [5.41, 5.74) is 1.84. The zero-order valence-electron chi connectivity index (χ0n) is 16.9. The summed E-state index contributed by atoms with van der Waals surface area (Å²) in [6.45, 7) is 6.25. The van der Waals surface area contributed by atoms with Crippen molar-refractivity contribution in [1.82, 2.24) is 10.3 Å². The minimum absolute atomic E-state index is 0.236. The highest BCUT2D eigenvalue weighted by Crippen LogP contribution is 2.24. The van der Waals surface area contributed by atoms with E-state index in [-0.39, 0.29) is 11.4 Å². The zero-order chi connectivity index (χ0) is 21.0. The van der Waals surface area contributed by atoms with E-state index in [1.807, 2.05) is 19.1 Å². The molecule has 5 heteroatoms. The zero-order valence-corrected chi connectivity index (χ0v) is 16.9. The molecule has 3 rings (SSSR count). The molecular formula is C24H24FN3O. The minimum atomic E-state index is -0.476. The lowest BCUT2D eigenvalue weighted by Crippen LogP contribution is -2.48. The van der Waals surface area contributed by atoms with Gasteiger partial charge in [-0.2, -0.15) is 5.26 Å². The summed E-state index contributed by atoms with van der Waals surface area (Å²) in [7, 11) is 0. The summed E-state index contributed by atoms with van der Waals surface area (Å²) in [6.07, 6.45) is 2.84. The van der Waals surface area contributed by atoms with Crippen LogP contribution in [0.25, 0.3) is 10.9 Å². The quantitative estimate of drug-likeness (QED) is 0.643. The Hall–Kier alpha value is -3.26. The van der Waals surface area contributed by atoms with Crippen molar-refractivity contribution in [3.63, 3.8) is 0 Å². The number of nitriles is 1. The number of rotatable bonds is 6. The number of benzene rings is 2. The van der Waals surface area contributed by atoms with Crippen LogP contribution in [0.15, 0.2) is 54.7 Å². The van der Waals surface area contributed by atoms with Crippen LogP contribution in [0.1, 0.15) is 48.7 Å². The van der Waals surface area contributed by atoms with Gasteiger partial charge < -0.3 is 5.32 Å². The smallest absolute Gasteiger partial charge is 0.253 e. The van der Waals surface area contributed by atoms with E-state index in [4.69, 9.17) is 5.26 Å². The van der Waals surface area contributed by atoms with Gasteiger partial charge in [-0.3, -0.25) is 9.78 Å². The maximum Gasteiger partial charge on any atom is 0.253 e. The number of carbonyl (C=O) groups excluding carboxylic acids is 1. The molecule has 3 aromatic rings. The standard InChI is InChI=1S/C24H24FN3O/c1-16(2)12-24(3,13-17-7-9-18(14-26)10-8-17)28-23(29)20-11-19-5-4-6-21(25)22(19)27-15-20/h4-11,15-16H,12-13H2,1-3H3,(H,28,29). The number of fused-ring (bicyclic) bond motifs is 1. The van der Waals surface area contributed by atoms with Crippen LogP contribution in [0.5, 0.6) is 0 Å². The van der Waals surface area contributed by atoms with Crippen molar-refractivity contribution >= 4 is 16.8 Å². The fourth-order valence-corrected chi connectivity index (χ4v) is 3.81. The molecule has 0 aliphatic carbocycles. The van der Waals surface area contributed by atoms with Gasteiger partial charge in [0.2, 0.25) is 0 Å². The highest BCUT2D eigenvalue weighted by atomic mass is 19.1. The molecule has 0 spiro atoms. The SMILES string of the molecule is CC(C)CC(C)(Cc1ccc(C#N)cc1)NC(=O)c1cnc2c(F)cccc2c1. The average Bonchev–Trinajstić information content (AvgIpc) is 2.67. The molecule has 0 aliphatic heterocycles. The van der Waals surface area contributed by atoms with Gasteiger partial charge in [0.1, 0.15) is 11.3 Å². The Balaban J connectivity index is 1.85. The molecule has 2 aromatic carbocycles. The van der Waals surface area contributed by atoms with Gasteiger partial charge in [-0.1, -0.05) is 38.1 Å². The minimum Gasteiger partial charge on any atom is -0.346 e. The largest absolute Gasteiger partial charge is 0.346 e. The number of aromatic nitrogens is 1. The van der Waals surface area contributed by atoms with Crippen LogP contribution >= 0.6 is 0 Å². The normalized spacial score (nSPS) is 13.1. The van der Waals surface area contributed by atoms with Crippen LogP contribution < -0.4 is 5.32 Å². The van der Waals surface area contributed by atoms with E-state index in [9.17, 15) is 9.18 Å². The molecule has 148 valence electrons. The monoisotopic (exact) mass is 389 g/mol. The third-order valence-corrected chi connectivity index (χ3v) is 4.88. The number of amides is 1. The number of nitrogens with zero attached hydrogens (tertiary/aromatic N) is 2. The molecule has 1 aromatic heterocycles. The predicted molar refractivity (Wildman–Crippen MR) is 112 cm³/mol. The van der Waals surface area contributed by atoms with Crippen molar-refractivity contribution in [3.05, 3.63) is 77.2 Å². The van der Waals surface area contributed by atoms with Crippen molar-refractivity contribution in [3.8, 4) is 6.07 Å². The van der Waals surface area contributed by atoms with Gasteiger partial charge in [0.15, 0.2) is 0 Å². The highest BCUT2D eigenvalue weighted by Gasteiger charge is 2.28.